The summed E-state index contributed by atoms with van der Waals surface area (Å²) in [6.07, 6.45) is 1.00. The Kier molecular flexibility index (Phi) is 3.03. The van der Waals surface area contributed by atoms with Crippen LogP contribution in [0.2, 0.25) is 0 Å². The van der Waals surface area contributed by atoms with Crippen LogP contribution >= 0.6 is 7.14 Å². The molecule has 0 N–H and O–H groups in total. The first kappa shape index (κ1) is 11.6. The number of carbonyl (C=O) groups excluding carboxylic acids is 1. The van der Waals surface area contributed by atoms with Crippen LogP contribution in [0, 0.1) is 5.92 Å². The summed E-state index contributed by atoms with van der Waals surface area (Å²) in [4.78, 5) is 11.6. The molecule has 1 fully saturated rings. The molecule has 0 aliphatic carbocycles. The minimum atomic E-state index is -2.37. The van der Waals surface area contributed by atoms with Crippen LogP contribution in [-0.2, 0) is 9.36 Å². The highest BCUT2D eigenvalue weighted by Crippen LogP contribution is 2.55. The molecular formula is C13H17O2P. The molecule has 0 aromatic heterocycles. The molecule has 1 heterocycles. The third kappa shape index (κ3) is 1.87. The van der Waals surface area contributed by atoms with Gasteiger partial charge in [0.1, 0.15) is 12.9 Å². The molecule has 1 aliphatic rings. The fraction of sp³-hybridized carbons (Fsp3) is 0.462. The van der Waals surface area contributed by atoms with E-state index in [1.165, 1.54) is 0 Å². The lowest BCUT2D eigenvalue weighted by atomic mass is 10.0. The Labute approximate surface area is 96.4 Å². The monoisotopic (exact) mass is 236 g/mol. The van der Waals surface area contributed by atoms with E-state index in [1.54, 1.807) is 0 Å². The molecule has 16 heavy (non-hydrogen) atoms. The second kappa shape index (κ2) is 4.18. The maximum atomic E-state index is 13.0. The zero-order valence-corrected chi connectivity index (χ0v) is 10.6. The molecule has 1 aromatic rings. The summed E-state index contributed by atoms with van der Waals surface area (Å²) in [6, 6.07) is 9.63. The number of Topliss-reactive ketones (excluding diaryl/α,β-unsaturated/α-hetero) is 1. The van der Waals surface area contributed by atoms with Crippen molar-refractivity contribution in [2.75, 3.05) is 6.16 Å². The van der Waals surface area contributed by atoms with Gasteiger partial charge in [-0.15, -0.1) is 0 Å². The molecule has 3 atom stereocenters. The minimum Gasteiger partial charge on any atom is -0.318 e. The Bertz CT molecular complexity index is 439. The zero-order valence-electron chi connectivity index (χ0n) is 9.72. The fourth-order valence-electron chi connectivity index (χ4n) is 2.37. The number of rotatable bonds is 1. The van der Waals surface area contributed by atoms with Crippen molar-refractivity contribution in [1.29, 1.82) is 0 Å². The number of ketones is 1. The first-order valence-electron chi connectivity index (χ1n) is 5.71. The number of carbonyl (C=O) groups is 1. The average Bonchev–Trinajstić information content (AvgIpc) is 2.28. The lowest BCUT2D eigenvalue weighted by molar-refractivity contribution is -0.122. The van der Waals surface area contributed by atoms with Crippen LogP contribution in [0.5, 0.6) is 0 Å². The molecular weight excluding hydrogens is 219 g/mol. The second-order valence-electron chi connectivity index (χ2n) is 4.73. The van der Waals surface area contributed by atoms with Gasteiger partial charge < -0.3 is 4.57 Å². The van der Waals surface area contributed by atoms with Crippen molar-refractivity contribution in [2.45, 2.75) is 25.9 Å². The van der Waals surface area contributed by atoms with E-state index in [1.807, 2.05) is 44.2 Å². The van der Waals surface area contributed by atoms with Crippen molar-refractivity contribution in [3.8, 4) is 0 Å². The molecule has 3 heteroatoms. The first-order chi connectivity index (χ1) is 7.54. The highest BCUT2D eigenvalue weighted by molar-refractivity contribution is 7.72. The van der Waals surface area contributed by atoms with Gasteiger partial charge in [-0.25, -0.2) is 0 Å². The van der Waals surface area contributed by atoms with E-state index in [-0.39, 0.29) is 17.4 Å². The van der Waals surface area contributed by atoms with Crippen molar-refractivity contribution >= 4 is 18.2 Å². The van der Waals surface area contributed by atoms with Gasteiger partial charge in [0, 0.05) is 29.5 Å². The average molecular weight is 236 g/mol. The quantitative estimate of drug-likeness (QED) is 0.702. The van der Waals surface area contributed by atoms with E-state index in [9.17, 15) is 9.36 Å². The Morgan fingerprint density at radius 2 is 1.81 bits per heavy atom. The normalized spacial score (nSPS) is 35.0. The van der Waals surface area contributed by atoms with Gasteiger partial charge in [0.15, 0.2) is 0 Å². The Hall–Kier alpha value is -0.880. The summed E-state index contributed by atoms with van der Waals surface area (Å²) < 4.78 is 13.0. The fourth-order valence-corrected chi connectivity index (χ4v) is 5.62. The van der Waals surface area contributed by atoms with Crippen LogP contribution in [0.15, 0.2) is 30.3 Å². The van der Waals surface area contributed by atoms with Gasteiger partial charge in [-0.3, -0.25) is 4.79 Å². The van der Waals surface area contributed by atoms with Crippen LogP contribution < -0.4 is 5.30 Å². The molecule has 0 spiro atoms. The summed E-state index contributed by atoms with van der Waals surface area (Å²) in [5.41, 5.74) is -0.00130. The van der Waals surface area contributed by atoms with Gasteiger partial charge in [0.2, 0.25) is 0 Å². The summed E-state index contributed by atoms with van der Waals surface area (Å²) in [5.74, 6) is 0.206. The van der Waals surface area contributed by atoms with E-state index in [4.69, 9.17) is 0 Å². The topological polar surface area (TPSA) is 34.1 Å². The summed E-state index contributed by atoms with van der Waals surface area (Å²) >= 11 is 0. The molecule has 1 saturated heterocycles. The Morgan fingerprint density at radius 3 is 2.44 bits per heavy atom. The molecule has 0 amide bonds. The smallest absolute Gasteiger partial charge is 0.136 e. The predicted molar refractivity (Wildman–Crippen MR) is 66.8 cm³/mol. The molecule has 0 unspecified atom stereocenters. The van der Waals surface area contributed by atoms with Gasteiger partial charge >= 0.3 is 0 Å². The maximum absolute atomic E-state index is 13.0. The molecule has 0 saturated carbocycles. The van der Waals surface area contributed by atoms with Crippen LogP contribution in [0.25, 0.3) is 0 Å². The molecule has 1 aromatic carbocycles. The van der Waals surface area contributed by atoms with Gasteiger partial charge in [0.05, 0.1) is 0 Å². The lowest BCUT2D eigenvalue weighted by Crippen LogP contribution is -2.32. The van der Waals surface area contributed by atoms with Crippen LogP contribution in [0.4, 0.5) is 0 Å². The van der Waals surface area contributed by atoms with Crippen molar-refractivity contribution < 1.29 is 9.36 Å². The summed E-state index contributed by atoms with van der Waals surface area (Å²) in [6.45, 7) is 3.83. The van der Waals surface area contributed by atoms with Gasteiger partial charge in [0.25, 0.3) is 0 Å². The maximum Gasteiger partial charge on any atom is 0.136 e. The number of hydrogen-bond acceptors (Lipinski definition) is 2. The highest BCUT2D eigenvalue weighted by Gasteiger charge is 2.40. The Morgan fingerprint density at radius 1 is 1.19 bits per heavy atom. The predicted octanol–water partition coefficient (Wildman–Crippen LogP) is 2.67. The minimum absolute atomic E-state index is 0.00130. The summed E-state index contributed by atoms with van der Waals surface area (Å²) in [7, 11) is -2.37. The molecule has 2 nitrogen and oxygen atoms in total. The second-order valence-corrected chi connectivity index (χ2v) is 8.09. The van der Waals surface area contributed by atoms with Crippen molar-refractivity contribution in [3.05, 3.63) is 30.3 Å². The Balaban J connectivity index is 2.38. The van der Waals surface area contributed by atoms with Gasteiger partial charge in [-0.05, 0) is 0 Å². The first-order valence-corrected chi connectivity index (χ1v) is 7.67. The van der Waals surface area contributed by atoms with E-state index in [2.05, 4.69) is 0 Å². The van der Waals surface area contributed by atoms with E-state index >= 15 is 0 Å². The van der Waals surface area contributed by atoms with Crippen LogP contribution in [0.3, 0.4) is 0 Å². The van der Waals surface area contributed by atoms with Crippen molar-refractivity contribution in [2.24, 2.45) is 5.92 Å². The van der Waals surface area contributed by atoms with Gasteiger partial charge in [-0.2, -0.15) is 0 Å². The standard InChI is InChI=1S/C13H17O2P/c1-10-9-16(15,11(2)8-13(10)14)12-6-4-3-5-7-12/h3-7,10-11H,8-9H2,1-2H3/t10-,11+,16-/m1/s1. The highest BCUT2D eigenvalue weighted by atomic mass is 31.2. The largest absolute Gasteiger partial charge is 0.318 e. The molecule has 2 rings (SSSR count). The molecule has 0 radical (unpaired) electrons. The van der Waals surface area contributed by atoms with Crippen molar-refractivity contribution in [1.82, 2.24) is 0 Å². The van der Waals surface area contributed by atoms with E-state index in [0.29, 0.717) is 12.6 Å². The molecule has 86 valence electrons. The number of benzene rings is 1. The third-order valence-corrected chi connectivity index (χ3v) is 7.37. The summed E-state index contributed by atoms with van der Waals surface area (Å²) in [5, 5.41) is 0.932. The van der Waals surface area contributed by atoms with Crippen LogP contribution in [-0.4, -0.2) is 17.6 Å². The lowest BCUT2D eigenvalue weighted by Gasteiger charge is -2.32. The van der Waals surface area contributed by atoms with E-state index < -0.39 is 7.14 Å². The van der Waals surface area contributed by atoms with Crippen molar-refractivity contribution in [3.63, 3.8) is 0 Å². The zero-order chi connectivity index (χ0) is 11.8. The molecule has 0 bridgehead atoms. The van der Waals surface area contributed by atoms with E-state index in [0.717, 1.165) is 5.30 Å². The number of hydrogen-bond donors (Lipinski definition) is 0. The van der Waals surface area contributed by atoms with Crippen LogP contribution in [0.1, 0.15) is 20.3 Å². The molecule has 1 aliphatic heterocycles. The SMILES string of the molecule is C[C@@H]1C[P@](=O)(c2ccccc2)[C@@H](C)CC1=O. The van der Waals surface area contributed by atoms with Gasteiger partial charge in [-0.1, -0.05) is 44.2 Å². The third-order valence-electron chi connectivity index (χ3n) is 3.50.